The molecule has 0 aromatic heterocycles. The molecule has 0 spiro atoms. The molecule has 2 saturated heterocycles. The van der Waals surface area contributed by atoms with Crippen LogP contribution in [0.4, 0.5) is 0 Å². The van der Waals surface area contributed by atoms with Crippen LogP contribution in [0.1, 0.15) is 79.1 Å². The van der Waals surface area contributed by atoms with Gasteiger partial charge in [0, 0.05) is 37.5 Å². The standard InChI is InChI=1S/C47H73NO18/c1-27-17-15-13-11-9-7-5-6-8-10-12-14-16-18-34(65-45-43(58)40(48)42(57)30(4)64-45)25-47(62)39(44(59)60)37(54)26-46(61,66-47)24-33(51)22-36(53)35(52)20-19-31(49)21-32(50)23-38(55)63-29(3)28(2)41(27)56/h5-18,27-37,39-43,45,49-54,56-58,61-62H,19-26,48H2,1-4H3,(H,59,60)/b6-5+,9-7+,10-8+,13-11+,14-12+,17-15+,18-16+/t27-,28-,29-,30+,31+,32+,33-,34-,35+,36+,37-,39-,40-,41+,42+,43-,45+,46+,47-/m0/s1. The normalized spacial score (nSPS) is 46.1. The molecule has 19 heteroatoms. The number of carboxylic acids is 1. The summed E-state index contributed by atoms with van der Waals surface area (Å²) in [5.74, 6) is -10.8. The maximum Gasteiger partial charge on any atom is 0.314 e. The summed E-state index contributed by atoms with van der Waals surface area (Å²) in [6.07, 6.45) is 1.97. The lowest BCUT2D eigenvalue weighted by molar-refractivity contribution is -0.399. The van der Waals surface area contributed by atoms with Gasteiger partial charge in [0.1, 0.15) is 18.1 Å². The van der Waals surface area contributed by atoms with E-state index in [-0.39, 0.29) is 25.2 Å². The summed E-state index contributed by atoms with van der Waals surface area (Å²) in [4.78, 5) is 25.1. The van der Waals surface area contributed by atoms with Crippen molar-refractivity contribution >= 4 is 11.9 Å². The molecule has 0 aromatic rings. The second-order valence-electron chi connectivity index (χ2n) is 17.8. The molecular formula is C47H73NO18. The van der Waals surface area contributed by atoms with Crippen LogP contribution in [0.2, 0.25) is 0 Å². The first-order chi connectivity index (χ1) is 31.0. The van der Waals surface area contributed by atoms with E-state index < -0.39 is 153 Å². The molecular weight excluding hydrogens is 867 g/mol. The van der Waals surface area contributed by atoms with Crippen molar-refractivity contribution in [2.75, 3.05) is 0 Å². The first kappa shape index (κ1) is 56.8. The van der Waals surface area contributed by atoms with Gasteiger partial charge in [0.2, 0.25) is 0 Å². The Morgan fingerprint density at radius 3 is 1.79 bits per heavy atom. The van der Waals surface area contributed by atoms with E-state index >= 15 is 0 Å². The van der Waals surface area contributed by atoms with Crippen LogP contribution in [-0.2, 0) is 28.5 Å². The van der Waals surface area contributed by atoms with E-state index in [4.69, 9.17) is 24.7 Å². The number of cyclic esters (lactones) is 1. The summed E-state index contributed by atoms with van der Waals surface area (Å²) < 4.78 is 22.7. The molecule has 14 N–H and O–H groups in total. The van der Waals surface area contributed by atoms with Crippen LogP contribution in [0.5, 0.6) is 0 Å². The summed E-state index contributed by atoms with van der Waals surface area (Å²) in [5.41, 5.74) is 5.99. The Morgan fingerprint density at radius 1 is 0.652 bits per heavy atom. The molecule has 3 rings (SSSR count). The summed E-state index contributed by atoms with van der Waals surface area (Å²) in [7, 11) is 0. The third kappa shape index (κ3) is 17.9. The number of nitrogens with two attached hydrogens (primary N) is 1. The Labute approximate surface area is 385 Å². The lowest BCUT2D eigenvalue weighted by atomic mass is 9.80. The Balaban J connectivity index is 1.90. The number of aliphatic carboxylic acids is 1. The molecule has 3 aliphatic heterocycles. The van der Waals surface area contributed by atoms with Crippen molar-refractivity contribution in [2.24, 2.45) is 23.5 Å². The largest absolute Gasteiger partial charge is 0.481 e. The first-order valence-corrected chi connectivity index (χ1v) is 22.4. The topological polar surface area (TPSA) is 340 Å². The fourth-order valence-corrected chi connectivity index (χ4v) is 8.09. The van der Waals surface area contributed by atoms with Crippen molar-refractivity contribution in [3.8, 4) is 0 Å². The van der Waals surface area contributed by atoms with Crippen LogP contribution in [0.25, 0.3) is 0 Å². The van der Waals surface area contributed by atoms with Gasteiger partial charge in [0.25, 0.3) is 0 Å². The van der Waals surface area contributed by atoms with E-state index in [1.54, 1.807) is 80.7 Å². The maximum absolute atomic E-state index is 12.6. The molecule has 0 aromatic carbocycles. The van der Waals surface area contributed by atoms with E-state index in [0.717, 1.165) is 0 Å². The second kappa shape index (κ2) is 26.9. The molecule has 374 valence electrons. The summed E-state index contributed by atoms with van der Waals surface area (Å²) in [6.45, 7) is 6.66. The summed E-state index contributed by atoms with van der Waals surface area (Å²) >= 11 is 0. The number of hydrogen-bond acceptors (Lipinski definition) is 18. The Hall–Kier alpha value is -3.48. The number of allylic oxidation sites excluding steroid dienone is 12. The van der Waals surface area contributed by atoms with Crippen LogP contribution in [-0.4, -0.2) is 170 Å². The summed E-state index contributed by atoms with van der Waals surface area (Å²) in [5, 5.41) is 130. The predicted molar refractivity (Wildman–Crippen MR) is 238 cm³/mol. The minimum absolute atomic E-state index is 0.143. The average Bonchev–Trinajstić information content (AvgIpc) is 3.21. The highest BCUT2D eigenvalue weighted by molar-refractivity contribution is 5.72. The predicted octanol–water partition coefficient (Wildman–Crippen LogP) is 0.0317. The number of fused-ring (bicyclic) bond motifs is 2. The van der Waals surface area contributed by atoms with Gasteiger partial charge in [-0.05, 0) is 33.1 Å². The van der Waals surface area contributed by atoms with Gasteiger partial charge in [0.05, 0.1) is 73.5 Å². The lowest BCUT2D eigenvalue weighted by Gasteiger charge is -2.49. The van der Waals surface area contributed by atoms with Gasteiger partial charge in [-0.15, -0.1) is 0 Å². The SMILES string of the molecule is C[C@@H]1[C@H](O)[C@@H](C)/C=C/C=C/C=C/C=C/C=C/C=C/C=C/[C@H](O[C@H]2O[C@H](C)[C@@H](O)[C@H](N)[C@@H]2O)C[C@]2(O)O[C@](O)(C[C@@H](O)C[C@@H](O)[C@H](O)CC[C@@H](O)C[C@@H](O)CC(=O)O[C@H]1C)C[C@H](O)[C@H]2C(=O)O. The molecule has 0 unspecified atom stereocenters. The molecule has 19 atom stereocenters. The van der Waals surface area contributed by atoms with Crippen molar-refractivity contribution in [3.05, 3.63) is 85.1 Å². The highest BCUT2D eigenvalue weighted by Gasteiger charge is 2.59. The number of ether oxygens (including phenoxy) is 4. The zero-order chi connectivity index (χ0) is 49.4. The monoisotopic (exact) mass is 939 g/mol. The van der Waals surface area contributed by atoms with Crippen LogP contribution in [0, 0.1) is 17.8 Å². The molecule has 66 heavy (non-hydrogen) atoms. The second-order valence-corrected chi connectivity index (χ2v) is 17.8. The van der Waals surface area contributed by atoms with Crippen LogP contribution < -0.4 is 5.73 Å². The first-order valence-electron chi connectivity index (χ1n) is 22.4. The number of aliphatic hydroxyl groups is 11. The highest BCUT2D eigenvalue weighted by Crippen LogP contribution is 2.43. The zero-order valence-electron chi connectivity index (χ0n) is 37.9. The Kier molecular flexibility index (Phi) is 23.2. The summed E-state index contributed by atoms with van der Waals surface area (Å²) in [6, 6.07) is -1.22. The lowest BCUT2D eigenvalue weighted by Crippen LogP contribution is -2.64. The van der Waals surface area contributed by atoms with Crippen molar-refractivity contribution in [1.29, 1.82) is 0 Å². The molecule has 0 radical (unpaired) electrons. The van der Waals surface area contributed by atoms with E-state index in [1.165, 1.54) is 19.1 Å². The van der Waals surface area contributed by atoms with E-state index in [1.807, 2.05) is 13.0 Å². The van der Waals surface area contributed by atoms with Gasteiger partial charge < -0.3 is 86.0 Å². The number of rotatable bonds is 3. The van der Waals surface area contributed by atoms with Crippen molar-refractivity contribution < 1.29 is 89.8 Å². The minimum Gasteiger partial charge on any atom is -0.481 e. The third-order valence-corrected chi connectivity index (χ3v) is 12.1. The van der Waals surface area contributed by atoms with Gasteiger partial charge in [-0.3, -0.25) is 9.59 Å². The fraction of sp³-hybridized carbons (Fsp3) is 0.660. The Bertz CT molecular complexity index is 1720. The number of carbonyl (C=O) groups excluding carboxylic acids is 1. The van der Waals surface area contributed by atoms with Gasteiger partial charge in [-0.1, -0.05) is 98.9 Å². The van der Waals surface area contributed by atoms with Gasteiger partial charge >= 0.3 is 11.9 Å². The van der Waals surface area contributed by atoms with E-state index in [2.05, 4.69) is 0 Å². The van der Waals surface area contributed by atoms with Gasteiger partial charge in [0.15, 0.2) is 17.9 Å². The molecule has 0 amide bonds. The molecule has 0 aliphatic carbocycles. The van der Waals surface area contributed by atoms with Crippen molar-refractivity contribution in [3.63, 3.8) is 0 Å². The quantitative estimate of drug-likeness (QED) is 0.166. The fourth-order valence-electron chi connectivity index (χ4n) is 8.09. The average molecular weight is 940 g/mol. The number of aliphatic hydroxyl groups excluding tert-OH is 9. The number of carbonyl (C=O) groups is 2. The van der Waals surface area contributed by atoms with Crippen LogP contribution >= 0.6 is 0 Å². The zero-order valence-corrected chi connectivity index (χ0v) is 37.9. The maximum atomic E-state index is 12.6. The van der Waals surface area contributed by atoms with Gasteiger partial charge in [-0.2, -0.15) is 0 Å². The van der Waals surface area contributed by atoms with Crippen molar-refractivity contribution in [1.82, 2.24) is 0 Å². The van der Waals surface area contributed by atoms with Crippen LogP contribution in [0.15, 0.2) is 85.1 Å². The van der Waals surface area contributed by atoms with E-state index in [0.29, 0.717) is 0 Å². The number of esters is 1. The third-order valence-electron chi connectivity index (χ3n) is 12.1. The minimum atomic E-state index is -2.92. The van der Waals surface area contributed by atoms with Crippen molar-refractivity contribution in [2.45, 2.75) is 176 Å². The highest BCUT2D eigenvalue weighted by atomic mass is 16.7. The molecule has 2 fully saturated rings. The molecule has 0 saturated carbocycles. The van der Waals surface area contributed by atoms with Gasteiger partial charge in [-0.25, -0.2) is 0 Å². The molecule has 19 nitrogen and oxygen atoms in total. The number of hydrogen-bond donors (Lipinski definition) is 13. The van der Waals surface area contributed by atoms with Crippen LogP contribution in [0.3, 0.4) is 0 Å². The molecule has 2 bridgehead atoms. The van der Waals surface area contributed by atoms with E-state index in [9.17, 15) is 70.9 Å². The Morgan fingerprint density at radius 2 is 1.21 bits per heavy atom. The smallest absolute Gasteiger partial charge is 0.314 e. The molecule has 3 heterocycles. The number of carboxylic acid groups (broad SMARTS) is 1. The molecule has 3 aliphatic rings.